The first-order valence-electron chi connectivity index (χ1n) is 6.83. The number of benzene rings is 2. The second-order valence-electron chi connectivity index (χ2n) is 4.84. The fourth-order valence-electron chi connectivity index (χ4n) is 2.30. The summed E-state index contributed by atoms with van der Waals surface area (Å²) in [5, 5.41) is 11.2. The van der Waals surface area contributed by atoms with Crippen LogP contribution in [-0.2, 0) is 0 Å². The molecule has 6 heteroatoms. The van der Waals surface area contributed by atoms with E-state index in [-0.39, 0.29) is 0 Å². The molecule has 0 saturated heterocycles. The predicted octanol–water partition coefficient (Wildman–Crippen LogP) is 4.01. The second-order valence-corrected chi connectivity index (χ2v) is 5.87. The molecule has 5 nitrogen and oxygen atoms in total. The van der Waals surface area contributed by atoms with Crippen molar-refractivity contribution in [2.45, 2.75) is 0 Å². The number of nitrogens with one attached hydrogen (secondary N) is 2. The van der Waals surface area contributed by atoms with E-state index in [0.29, 0.717) is 11.6 Å². The molecule has 0 aliphatic heterocycles. The number of aromatic amines is 1. The fraction of sp³-hybridized carbons (Fsp3) is 0. The van der Waals surface area contributed by atoms with Gasteiger partial charge in [0.1, 0.15) is 10.8 Å². The first kappa shape index (κ1) is 12.8. The van der Waals surface area contributed by atoms with Gasteiger partial charge in [0.15, 0.2) is 5.82 Å². The molecule has 0 bridgehead atoms. The minimum atomic E-state index is 0.512. The number of H-pyrrole nitrogens is 1. The van der Waals surface area contributed by atoms with Gasteiger partial charge in [-0.2, -0.15) is 5.10 Å². The highest BCUT2D eigenvalue weighted by atomic mass is 32.1. The Kier molecular flexibility index (Phi) is 3.01. The van der Waals surface area contributed by atoms with Gasteiger partial charge < -0.3 is 11.1 Å². The number of para-hydroxylation sites is 2. The Balaban J connectivity index is 1.79. The molecule has 0 amide bonds. The molecule has 2 aromatic heterocycles. The Bertz CT molecular complexity index is 893. The van der Waals surface area contributed by atoms with Gasteiger partial charge in [0, 0.05) is 5.69 Å². The molecule has 0 atom stereocenters. The zero-order valence-electron chi connectivity index (χ0n) is 11.6. The molecule has 108 valence electrons. The van der Waals surface area contributed by atoms with Crippen LogP contribution in [0.25, 0.3) is 20.8 Å². The number of nitrogens with zero attached hydrogens (tertiary/aromatic N) is 2. The molecule has 2 aromatic carbocycles. The van der Waals surface area contributed by atoms with Crippen molar-refractivity contribution in [3.63, 3.8) is 0 Å². The molecule has 22 heavy (non-hydrogen) atoms. The van der Waals surface area contributed by atoms with Crippen molar-refractivity contribution in [2.75, 3.05) is 11.1 Å². The molecule has 0 saturated carbocycles. The molecule has 2 heterocycles. The van der Waals surface area contributed by atoms with E-state index in [1.54, 1.807) is 11.3 Å². The molecule has 4 N–H and O–H groups in total. The van der Waals surface area contributed by atoms with Gasteiger partial charge in [-0.05, 0) is 24.3 Å². The summed E-state index contributed by atoms with van der Waals surface area (Å²) < 4.78 is 1.13. The van der Waals surface area contributed by atoms with E-state index in [1.807, 2.05) is 48.5 Å². The van der Waals surface area contributed by atoms with Crippen LogP contribution in [0.2, 0.25) is 0 Å². The molecule has 0 unspecified atom stereocenters. The molecule has 0 aliphatic rings. The summed E-state index contributed by atoms with van der Waals surface area (Å²) in [6, 6.07) is 17.9. The minimum Gasteiger partial charge on any atom is -0.383 e. The molecule has 0 fully saturated rings. The Morgan fingerprint density at radius 1 is 1.00 bits per heavy atom. The van der Waals surface area contributed by atoms with Crippen molar-refractivity contribution >= 4 is 38.9 Å². The molecule has 4 aromatic rings. The van der Waals surface area contributed by atoms with E-state index in [1.165, 1.54) is 0 Å². The smallest absolute Gasteiger partial charge is 0.164 e. The van der Waals surface area contributed by atoms with Gasteiger partial charge in [0.25, 0.3) is 0 Å². The van der Waals surface area contributed by atoms with Gasteiger partial charge in [0.05, 0.1) is 15.8 Å². The summed E-state index contributed by atoms with van der Waals surface area (Å²) in [6.45, 7) is 0. The lowest BCUT2D eigenvalue weighted by Gasteiger charge is -2.04. The SMILES string of the molecule is Nc1[nH]nc(Nc2ccccc2)c1-c1nc2ccccc2s1. The Labute approximate surface area is 130 Å². The van der Waals surface area contributed by atoms with Crippen LogP contribution in [0.1, 0.15) is 0 Å². The topological polar surface area (TPSA) is 79.6 Å². The van der Waals surface area contributed by atoms with Gasteiger partial charge in [0.2, 0.25) is 0 Å². The van der Waals surface area contributed by atoms with Gasteiger partial charge >= 0.3 is 0 Å². The number of thiazole rings is 1. The van der Waals surface area contributed by atoms with Gasteiger partial charge in [-0.25, -0.2) is 4.98 Å². The normalized spacial score (nSPS) is 10.9. The highest BCUT2D eigenvalue weighted by Gasteiger charge is 2.17. The highest BCUT2D eigenvalue weighted by Crippen LogP contribution is 2.37. The summed E-state index contributed by atoms with van der Waals surface area (Å²) in [5.41, 5.74) is 8.79. The van der Waals surface area contributed by atoms with E-state index in [0.717, 1.165) is 26.5 Å². The van der Waals surface area contributed by atoms with Crippen LogP contribution < -0.4 is 11.1 Å². The molecule has 0 aliphatic carbocycles. The second kappa shape index (κ2) is 5.16. The third kappa shape index (κ3) is 2.19. The Morgan fingerprint density at radius 3 is 2.59 bits per heavy atom. The molecule has 4 rings (SSSR count). The first-order chi connectivity index (χ1) is 10.8. The average Bonchev–Trinajstić information content (AvgIpc) is 3.11. The monoisotopic (exact) mass is 307 g/mol. The number of anilines is 3. The lowest BCUT2D eigenvalue weighted by atomic mass is 10.2. The van der Waals surface area contributed by atoms with Crippen LogP contribution in [0.5, 0.6) is 0 Å². The zero-order valence-corrected chi connectivity index (χ0v) is 12.4. The highest BCUT2D eigenvalue weighted by molar-refractivity contribution is 7.21. The summed E-state index contributed by atoms with van der Waals surface area (Å²) >= 11 is 1.60. The summed E-state index contributed by atoms with van der Waals surface area (Å²) in [6.07, 6.45) is 0. The van der Waals surface area contributed by atoms with Crippen molar-refractivity contribution in [1.82, 2.24) is 15.2 Å². The Hall–Kier alpha value is -2.86. The van der Waals surface area contributed by atoms with Gasteiger partial charge in [-0.3, -0.25) is 5.10 Å². The lowest BCUT2D eigenvalue weighted by molar-refractivity contribution is 1.10. The molecule has 0 spiro atoms. The van der Waals surface area contributed by atoms with Crippen LogP contribution in [0.15, 0.2) is 54.6 Å². The molecule has 0 radical (unpaired) electrons. The zero-order chi connectivity index (χ0) is 14.9. The van der Waals surface area contributed by atoms with Crippen molar-refractivity contribution in [3.05, 3.63) is 54.6 Å². The van der Waals surface area contributed by atoms with E-state index < -0.39 is 0 Å². The van der Waals surface area contributed by atoms with Crippen molar-refractivity contribution in [3.8, 4) is 10.6 Å². The fourth-order valence-corrected chi connectivity index (χ4v) is 3.33. The van der Waals surface area contributed by atoms with Crippen LogP contribution in [0.4, 0.5) is 17.3 Å². The largest absolute Gasteiger partial charge is 0.383 e. The Morgan fingerprint density at radius 2 is 1.77 bits per heavy atom. The van der Waals surface area contributed by atoms with Crippen LogP contribution >= 0.6 is 11.3 Å². The van der Waals surface area contributed by atoms with Crippen LogP contribution in [-0.4, -0.2) is 15.2 Å². The van der Waals surface area contributed by atoms with Crippen molar-refractivity contribution < 1.29 is 0 Å². The number of nitrogen functional groups attached to an aromatic ring is 1. The predicted molar refractivity (Wildman–Crippen MR) is 91.3 cm³/mol. The van der Waals surface area contributed by atoms with E-state index >= 15 is 0 Å². The lowest BCUT2D eigenvalue weighted by Crippen LogP contribution is -1.93. The third-order valence-electron chi connectivity index (χ3n) is 3.34. The van der Waals surface area contributed by atoms with Gasteiger partial charge in [-0.15, -0.1) is 11.3 Å². The summed E-state index contributed by atoms with van der Waals surface area (Å²) in [5.74, 6) is 1.19. The number of nitrogens with two attached hydrogens (primary N) is 1. The van der Waals surface area contributed by atoms with Crippen molar-refractivity contribution in [1.29, 1.82) is 0 Å². The number of hydrogen-bond acceptors (Lipinski definition) is 5. The number of fused-ring (bicyclic) bond motifs is 1. The maximum Gasteiger partial charge on any atom is 0.164 e. The van der Waals surface area contributed by atoms with E-state index in [4.69, 9.17) is 5.73 Å². The maximum atomic E-state index is 6.06. The molecular weight excluding hydrogens is 294 g/mol. The van der Waals surface area contributed by atoms with E-state index in [9.17, 15) is 0 Å². The quantitative estimate of drug-likeness (QED) is 0.534. The minimum absolute atomic E-state index is 0.512. The standard InChI is InChI=1S/C16H13N5S/c17-14-13(16-19-11-8-4-5-9-12(11)22-16)15(21-20-14)18-10-6-2-1-3-7-10/h1-9H,(H4,17,18,20,21). The summed E-state index contributed by atoms with van der Waals surface area (Å²) in [4.78, 5) is 4.66. The number of rotatable bonds is 3. The number of aromatic nitrogens is 3. The first-order valence-corrected chi connectivity index (χ1v) is 7.65. The van der Waals surface area contributed by atoms with E-state index in [2.05, 4.69) is 26.6 Å². The maximum absolute atomic E-state index is 6.06. The molecular formula is C16H13N5S. The van der Waals surface area contributed by atoms with Crippen LogP contribution in [0, 0.1) is 0 Å². The average molecular weight is 307 g/mol. The number of hydrogen-bond donors (Lipinski definition) is 3. The van der Waals surface area contributed by atoms with Crippen molar-refractivity contribution in [2.24, 2.45) is 0 Å². The van der Waals surface area contributed by atoms with Gasteiger partial charge in [-0.1, -0.05) is 30.3 Å². The summed E-state index contributed by atoms with van der Waals surface area (Å²) in [7, 11) is 0. The third-order valence-corrected chi connectivity index (χ3v) is 4.39. The van der Waals surface area contributed by atoms with Crippen LogP contribution in [0.3, 0.4) is 0 Å².